The molecule has 1 N–H and O–H groups in total. The van der Waals surface area contributed by atoms with Gasteiger partial charge in [0.05, 0.1) is 11.6 Å². The van der Waals surface area contributed by atoms with Crippen LogP contribution in [0, 0.1) is 0 Å². The van der Waals surface area contributed by atoms with Crippen LogP contribution in [-0.2, 0) is 4.74 Å². The SMILES string of the molecule is CCNC(c1ccccc1Cl)C1(OC)CCCC1. The third-order valence-corrected chi connectivity index (χ3v) is 4.35. The maximum atomic E-state index is 6.36. The summed E-state index contributed by atoms with van der Waals surface area (Å²) in [5.41, 5.74) is 1.06. The second-order valence-electron chi connectivity index (χ2n) is 4.99. The molecule has 2 rings (SSSR count). The van der Waals surface area contributed by atoms with E-state index in [4.69, 9.17) is 16.3 Å². The second-order valence-corrected chi connectivity index (χ2v) is 5.40. The van der Waals surface area contributed by atoms with Crippen LogP contribution in [0.3, 0.4) is 0 Å². The Kier molecular flexibility index (Phi) is 4.66. The average molecular weight is 268 g/mol. The summed E-state index contributed by atoms with van der Waals surface area (Å²) in [6.07, 6.45) is 4.68. The molecule has 1 aromatic carbocycles. The lowest BCUT2D eigenvalue weighted by Gasteiger charge is -2.37. The lowest BCUT2D eigenvalue weighted by atomic mass is 9.86. The maximum absolute atomic E-state index is 6.36. The Morgan fingerprint density at radius 3 is 2.56 bits per heavy atom. The largest absolute Gasteiger partial charge is 0.376 e. The first-order valence-corrected chi connectivity index (χ1v) is 7.14. The molecule has 1 fully saturated rings. The topological polar surface area (TPSA) is 21.3 Å². The van der Waals surface area contributed by atoms with Gasteiger partial charge in [-0.25, -0.2) is 0 Å². The van der Waals surface area contributed by atoms with Crippen LogP contribution in [0.4, 0.5) is 0 Å². The summed E-state index contributed by atoms with van der Waals surface area (Å²) < 4.78 is 5.90. The fraction of sp³-hybridized carbons (Fsp3) is 0.600. The van der Waals surface area contributed by atoms with E-state index in [1.807, 2.05) is 25.3 Å². The zero-order chi connectivity index (χ0) is 13.0. The van der Waals surface area contributed by atoms with Gasteiger partial charge in [0.25, 0.3) is 0 Å². The first-order valence-electron chi connectivity index (χ1n) is 6.76. The summed E-state index contributed by atoms with van der Waals surface area (Å²) >= 11 is 6.36. The van der Waals surface area contributed by atoms with Gasteiger partial charge >= 0.3 is 0 Å². The molecular formula is C15H22ClNO. The highest BCUT2D eigenvalue weighted by molar-refractivity contribution is 6.31. The smallest absolute Gasteiger partial charge is 0.0873 e. The van der Waals surface area contributed by atoms with Crippen molar-refractivity contribution in [1.29, 1.82) is 0 Å². The van der Waals surface area contributed by atoms with E-state index < -0.39 is 0 Å². The first kappa shape index (κ1) is 13.9. The fourth-order valence-corrected chi connectivity index (χ4v) is 3.32. The Morgan fingerprint density at radius 2 is 2.00 bits per heavy atom. The third kappa shape index (κ3) is 2.56. The summed E-state index contributed by atoms with van der Waals surface area (Å²) in [7, 11) is 1.83. The molecule has 1 unspecified atom stereocenters. The minimum atomic E-state index is -0.0962. The van der Waals surface area contributed by atoms with E-state index in [0.717, 1.165) is 30.0 Å². The lowest BCUT2D eigenvalue weighted by molar-refractivity contribution is -0.0363. The molecule has 18 heavy (non-hydrogen) atoms. The number of likely N-dealkylation sites (N-methyl/N-ethyl adjacent to an activating group) is 1. The molecule has 0 saturated heterocycles. The predicted octanol–water partition coefficient (Wildman–Crippen LogP) is 3.95. The predicted molar refractivity (Wildman–Crippen MR) is 76.1 cm³/mol. The summed E-state index contributed by atoms with van der Waals surface area (Å²) in [4.78, 5) is 0. The van der Waals surface area contributed by atoms with E-state index in [0.29, 0.717) is 0 Å². The van der Waals surface area contributed by atoms with Gasteiger partial charge < -0.3 is 10.1 Å². The van der Waals surface area contributed by atoms with Crippen molar-refractivity contribution in [3.63, 3.8) is 0 Å². The maximum Gasteiger partial charge on any atom is 0.0873 e. The molecule has 1 aliphatic rings. The van der Waals surface area contributed by atoms with Gasteiger partial charge in [0.1, 0.15) is 0 Å². The molecule has 0 aliphatic heterocycles. The highest BCUT2D eigenvalue weighted by atomic mass is 35.5. The van der Waals surface area contributed by atoms with Gasteiger partial charge in [-0.05, 0) is 31.0 Å². The van der Waals surface area contributed by atoms with E-state index in [1.165, 1.54) is 12.8 Å². The van der Waals surface area contributed by atoms with Crippen LogP contribution in [0.15, 0.2) is 24.3 Å². The van der Waals surface area contributed by atoms with E-state index in [-0.39, 0.29) is 11.6 Å². The molecule has 1 atom stereocenters. The molecule has 0 amide bonds. The molecule has 0 radical (unpaired) electrons. The monoisotopic (exact) mass is 267 g/mol. The van der Waals surface area contributed by atoms with Gasteiger partial charge in [0.15, 0.2) is 0 Å². The van der Waals surface area contributed by atoms with Crippen LogP contribution in [-0.4, -0.2) is 19.3 Å². The number of nitrogens with one attached hydrogen (secondary N) is 1. The van der Waals surface area contributed by atoms with Crippen molar-refractivity contribution in [2.24, 2.45) is 0 Å². The van der Waals surface area contributed by atoms with E-state index in [2.05, 4.69) is 18.3 Å². The molecule has 1 aliphatic carbocycles. The molecule has 0 heterocycles. The zero-order valence-electron chi connectivity index (χ0n) is 11.2. The molecule has 0 spiro atoms. The van der Waals surface area contributed by atoms with Gasteiger partial charge in [0.2, 0.25) is 0 Å². The number of ether oxygens (including phenoxy) is 1. The molecule has 2 nitrogen and oxygen atoms in total. The van der Waals surface area contributed by atoms with Crippen LogP contribution in [0.5, 0.6) is 0 Å². The summed E-state index contributed by atoms with van der Waals surface area (Å²) in [6.45, 7) is 3.04. The normalized spacial score (nSPS) is 19.9. The van der Waals surface area contributed by atoms with Crippen LogP contribution in [0.1, 0.15) is 44.2 Å². The van der Waals surface area contributed by atoms with Gasteiger partial charge in [-0.2, -0.15) is 0 Å². The highest BCUT2D eigenvalue weighted by Crippen LogP contribution is 2.44. The third-order valence-electron chi connectivity index (χ3n) is 4.01. The van der Waals surface area contributed by atoms with E-state index >= 15 is 0 Å². The number of benzene rings is 1. The van der Waals surface area contributed by atoms with Gasteiger partial charge in [0, 0.05) is 12.1 Å². The molecule has 1 saturated carbocycles. The van der Waals surface area contributed by atoms with Crippen molar-refractivity contribution < 1.29 is 4.74 Å². The van der Waals surface area contributed by atoms with E-state index in [1.54, 1.807) is 0 Å². The number of hydrogen-bond acceptors (Lipinski definition) is 2. The van der Waals surface area contributed by atoms with Crippen LogP contribution in [0.25, 0.3) is 0 Å². The Morgan fingerprint density at radius 1 is 1.33 bits per heavy atom. The van der Waals surface area contributed by atoms with Crippen LogP contribution in [0.2, 0.25) is 5.02 Å². The molecule has 1 aromatic rings. The lowest BCUT2D eigenvalue weighted by Crippen LogP contribution is -2.43. The minimum Gasteiger partial charge on any atom is -0.376 e. The van der Waals surface area contributed by atoms with Gasteiger partial charge in [-0.15, -0.1) is 0 Å². The fourth-order valence-electron chi connectivity index (χ4n) is 3.08. The molecule has 0 aromatic heterocycles. The van der Waals surface area contributed by atoms with Crippen molar-refractivity contribution in [3.8, 4) is 0 Å². The van der Waals surface area contributed by atoms with Gasteiger partial charge in [-0.3, -0.25) is 0 Å². The standard InChI is InChI=1S/C15H22ClNO/c1-3-17-14(12-8-4-5-9-13(12)16)15(18-2)10-6-7-11-15/h4-5,8-9,14,17H,3,6-7,10-11H2,1-2H3. The van der Waals surface area contributed by atoms with Crippen molar-refractivity contribution in [2.75, 3.05) is 13.7 Å². The van der Waals surface area contributed by atoms with Crippen molar-refractivity contribution >= 4 is 11.6 Å². The quantitative estimate of drug-likeness (QED) is 0.872. The first-order chi connectivity index (χ1) is 8.73. The Hall–Kier alpha value is -0.570. The second kappa shape index (κ2) is 6.05. The Balaban J connectivity index is 2.36. The number of rotatable bonds is 5. The molecular weight excluding hydrogens is 246 g/mol. The van der Waals surface area contributed by atoms with Gasteiger partial charge in [-0.1, -0.05) is 49.6 Å². The number of halogens is 1. The summed E-state index contributed by atoms with van der Waals surface area (Å²) in [5.74, 6) is 0. The average Bonchev–Trinajstić information content (AvgIpc) is 2.87. The van der Waals surface area contributed by atoms with Crippen molar-refractivity contribution in [3.05, 3.63) is 34.9 Å². The Bertz CT molecular complexity index is 388. The highest BCUT2D eigenvalue weighted by Gasteiger charge is 2.42. The van der Waals surface area contributed by atoms with Crippen LogP contribution >= 0.6 is 11.6 Å². The number of methoxy groups -OCH3 is 1. The molecule has 100 valence electrons. The minimum absolute atomic E-state index is 0.0962. The van der Waals surface area contributed by atoms with Crippen LogP contribution < -0.4 is 5.32 Å². The van der Waals surface area contributed by atoms with Crippen molar-refractivity contribution in [2.45, 2.75) is 44.2 Å². The Labute approximate surface area is 115 Å². The summed E-state index contributed by atoms with van der Waals surface area (Å²) in [5, 5.41) is 4.39. The van der Waals surface area contributed by atoms with E-state index in [9.17, 15) is 0 Å². The zero-order valence-corrected chi connectivity index (χ0v) is 12.0. The summed E-state index contributed by atoms with van der Waals surface area (Å²) in [6, 6.07) is 8.27. The molecule has 3 heteroatoms. The molecule has 0 bridgehead atoms. The number of hydrogen-bond donors (Lipinski definition) is 1. The van der Waals surface area contributed by atoms with Crippen molar-refractivity contribution in [1.82, 2.24) is 5.32 Å².